The van der Waals surface area contributed by atoms with Crippen LogP contribution in [0, 0.1) is 5.92 Å². The molecule has 2 aromatic rings. The number of carbonyl (C=O) groups excluding carboxylic acids is 2. The van der Waals surface area contributed by atoms with Crippen LogP contribution in [-0.4, -0.2) is 40.8 Å². The Balaban J connectivity index is 1.76. The highest BCUT2D eigenvalue weighted by atomic mass is 35.5. The van der Waals surface area contributed by atoms with Gasteiger partial charge in [0.2, 0.25) is 5.91 Å². The number of carbonyl (C=O) groups is 2. The monoisotopic (exact) mass is 390 g/mol. The second-order valence-corrected chi connectivity index (χ2v) is 8.18. The van der Waals surface area contributed by atoms with Gasteiger partial charge in [-0.05, 0) is 42.9 Å². The molecule has 0 spiro atoms. The minimum Gasteiger partial charge on any atom is -0.368 e. The molecule has 2 amide bonds. The van der Waals surface area contributed by atoms with E-state index in [9.17, 15) is 9.59 Å². The number of likely N-dealkylation sites (tertiary alicyclic amines) is 1. The van der Waals surface area contributed by atoms with Gasteiger partial charge in [0.15, 0.2) is 5.13 Å². The van der Waals surface area contributed by atoms with Crippen molar-refractivity contribution in [1.82, 2.24) is 9.88 Å². The number of halogens is 1. The van der Waals surface area contributed by atoms with Crippen LogP contribution in [-0.2, 0) is 4.79 Å². The third kappa shape index (κ3) is 2.75. The first-order valence-corrected chi connectivity index (χ1v) is 9.75. The van der Waals surface area contributed by atoms with E-state index in [1.165, 1.54) is 11.3 Å². The van der Waals surface area contributed by atoms with Crippen LogP contribution in [0.2, 0.25) is 5.02 Å². The van der Waals surface area contributed by atoms with Crippen molar-refractivity contribution in [2.75, 3.05) is 12.4 Å². The Kier molecular flexibility index (Phi) is 4.36. The number of fused-ring (bicyclic) bond motifs is 2. The van der Waals surface area contributed by atoms with Crippen molar-refractivity contribution in [3.8, 4) is 10.4 Å². The van der Waals surface area contributed by atoms with Gasteiger partial charge in [0.1, 0.15) is 11.7 Å². The van der Waals surface area contributed by atoms with Crippen LogP contribution >= 0.6 is 22.9 Å². The number of nitrogens with zero attached hydrogens (tertiary/aromatic N) is 2. The number of benzene rings is 1. The largest absolute Gasteiger partial charge is 0.368 e. The molecule has 2 heterocycles. The first-order chi connectivity index (χ1) is 12.5. The maximum absolute atomic E-state index is 13.4. The van der Waals surface area contributed by atoms with Crippen LogP contribution in [0.1, 0.15) is 29.8 Å². The van der Waals surface area contributed by atoms with Gasteiger partial charge in [0.25, 0.3) is 5.91 Å². The Labute approximate surface area is 160 Å². The zero-order chi connectivity index (χ0) is 18.4. The fraction of sp³-hybridized carbons (Fsp3) is 0.389. The van der Waals surface area contributed by atoms with Crippen LogP contribution in [0.5, 0.6) is 0 Å². The zero-order valence-corrected chi connectivity index (χ0v) is 15.8. The molecule has 136 valence electrons. The summed E-state index contributed by atoms with van der Waals surface area (Å²) in [6.07, 6.45) is 2.70. The van der Waals surface area contributed by atoms with Crippen molar-refractivity contribution in [2.24, 2.45) is 11.7 Å². The predicted molar refractivity (Wildman–Crippen MR) is 102 cm³/mol. The molecule has 2 aliphatic rings. The van der Waals surface area contributed by atoms with Gasteiger partial charge < -0.3 is 16.0 Å². The highest BCUT2D eigenvalue weighted by Crippen LogP contribution is 2.44. The van der Waals surface area contributed by atoms with Gasteiger partial charge in [-0.2, -0.15) is 0 Å². The molecule has 1 aliphatic carbocycles. The van der Waals surface area contributed by atoms with E-state index in [2.05, 4.69) is 10.3 Å². The lowest BCUT2D eigenvalue weighted by Gasteiger charge is -2.33. The van der Waals surface area contributed by atoms with Crippen molar-refractivity contribution in [3.63, 3.8) is 0 Å². The highest BCUT2D eigenvalue weighted by Gasteiger charge is 2.51. The highest BCUT2D eigenvalue weighted by molar-refractivity contribution is 7.19. The molecule has 3 N–H and O–H groups in total. The van der Waals surface area contributed by atoms with E-state index in [0.717, 1.165) is 29.7 Å². The predicted octanol–water partition coefficient (Wildman–Crippen LogP) is 2.98. The number of thiazole rings is 1. The number of rotatable bonds is 4. The van der Waals surface area contributed by atoms with E-state index < -0.39 is 11.9 Å². The van der Waals surface area contributed by atoms with Gasteiger partial charge in [-0.3, -0.25) is 9.59 Å². The molecular weight excluding hydrogens is 372 g/mol. The van der Waals surface area contributed by atoms with Crippen molar-refractivity contribution in [3.05, 3.63) is 35.0 Å². The summed E-state index contributed by atoms with van der Waals surface area (Å²) in [6.45, 7) is 0. The Bertz CT molecular complexity index is 884. The summed E-state index contributed by atoms with van der Waals surface area (Å²) in [7, 11) is 1.76. The third-order valence-corrected chi connectivity index (χ3v) is 6.60. The Morgan fingerprint density at radius 3 is 2.88 bits per heavy atom. The van der Waals surface area contributed by atoms with E-state index in [-0.39, 0.29) is 17.9 Å². The molecule has 26 heavy (non-hydrogen) atoms. The first-order valence-electron chi connectivity index (χ1n) is 8.56. The van der Waals surface area contributed by atoms with Crippen LogP contribution in [0.25, 0.3) is 10.4 Å². The summed E-state index contributed by atoms with van der Waals surface area (Å²) in [5.41, 5.74) is 6.79. The number of nitrogens with one attached hydrogen (secondary N) is 1. The first kappa shape index (κ1) is 17.3. The molecule has 4 rings (SSSR count). The number of hydrogen-bond donors (Lipinski definition) is 2. The molecule has 0 radical (unpaired) electrons. The van der Waals surface area contributed by atoms with E-state index >= 15 is 0 Å². The van der Waals surface area contributed by atoms with Gasteiger partial charge in [0, 0.05) is 18.1 Å². The van der Waals surface area contributed by atoms with Crippen LogP contribution in [0.4, 0.5) is 5.13 Å². The van der Waals surface area contributed by atoms with E-state index in [1.807, 2.05) is 18.2 Å². The minimum absolute atomic E-state index is 0.0666. The van der Waals surface area contributed by atoms with E-state index in [4.69, 9.17) is 17.3 Å². The second-order valence-electron chi connectivity index (χ2n) is 6.74. The van der Waals surface area contributed by atoms with E-state index in [0.29, 0.717) is 15.8 Å². The SMILES string of the molecule is CNc1nc(C(=O)N2[C@@H]3CC[C@@H](C3)[C@H]2C(N)=O)c(-c2cccc(Cl)c2)s1. The van der Waals surface area contributed by atoms with Crippen LogP contribution in [0.3, 0.4) is 0 Å². The molecular formula is C18H19ClN4O2S. The molecule has 8 heteroatoms. The van der Waals surface area contributed by atoms with Crippen molar-refractivity contribution < 1.29 is 9.59 Å². The molecule has 2 fully saturated rings. The van der Waals surface area contributed by atoms with Gasteiger partial charge in [-0.15, -0.1) is 0 Å². The third-order valence-electron chi connectivity index (χ3n) is 5.24. The molecule has 1 saturated carbocycles. The fourth-order valence-electron chi connectivity index (χ4n) is 4.17. The Morgan fingerprint density at radius 2 is 2.19 bits per heavy atom. The van der Waals surface area contributed by atoms with Crippen LogP contribution < -0.4 is 11.1 Å². The molecule has 1 aromatic carbocycles. The number of piperidine rings is 1. The fourth-order valence-corrected chi connectivity index (χ4v) is 5.26. The summed E-state index contributed by atoms with van der Waals surface area (Å²) in [5.74, 6) is -0.494. The van der Waals surface area contributed by atoms with E-state index in [1.54, 1.807) is 18.0 Å². The molecule has 1 aromatic heterocycles. The standard InChI is InChI=1S/C18H19ClN4O2S/c1-21-18-22-13(15(26-18)10-3-2-4-11(19)7-10)17(25)23-12-6-5-9(8-12)14(23)16(20)24/h2-4,7,9,12,14H,5-6,8H2,1H3,(H2,20,24)(H,21,22)/t9-,12+,14-/m0/s1. The van der Waals surface area contributed by atoms with Crippen molar-refractivity contribution in [2.45, 2.75) is 31.3 Å². The van der Waals surface area contributed by atoms with Crippen molar-refractivity contribution in [1.29, 1.82) is 0 Å². The number of anilines is 1. The number of nitrogens with two attached hydrogens (primary N) is 1. The summed E-state index contributed by atoms with van der Waals surface area (Å²) < 4.78 is 0. The van der Waals surface area contributed by atoms with Gasteiger partial charge in [-0.1, -0.05) is 35.1 Å². The Morgan fingerprint density at radius 1 is 1.38 bits per heavy atom. The normalized spacial score (nSPS) is 24.1. The zero-order valence-electron chi connectivity index (χ0n) is 14.2. The van der Waals surface area contributed by atoms with Crippen molar-refractivity contribution >= 4 is 39.9 Å². The molecule has 1 saturated heterocycles. The molecule has 2 bridgehead atoms. The summed E-state index contributed by atoms with van der Waals surface area (Å²) in [6, 6.07) is 6.87. The molecule has 0 unspecified atom stereocenters. The van der Waals surface area contributed by atoms with Gasteiger partial charge in [-0.25, -0.2) is 4.98 Å². The number of hydrogen-bond acceptors (Lipinski definition) is 5. The van der Waals surface area contributed by atoms with Gasteiger partial charge in [0.05, 0.1) is 4.88 Å². The summed E-state index contributed by atoms with van der Waals surface area (Å²) in [4.78, 5) is 32.2. The molecule has 6 nitrogen and oxygen atoms in total. The maximum atomic E-state index is 13.4. The summed E-state index contributed by atoms with van der Waals surface area (Å²) in [5, 5.41) is 4.23. The van der Waals surface area contributed by atoms with Crippen LogP contribution in [0.15, 0.2) is 24.3 Å². The Hall–Kier alpha value is -2.12. The summed E-state index contributed by atoms with van der Waals surface area (Å²) >= 11 is 7.52. The minimum atomic E-state index is -0.534. The van der Waals surface area contributed by atoms with Gasteiger partial charge >= 0.3 is 0 Å². The topological polar surface area (TPSA) is 88.3 Å². The second kappa shape index (κ2) is 6.55. The smallest absolute Gasteiger partial charge is 0.275 e. The average molecular weight is 391 g/mol. The number of amides is 2. The lowest BCUT2D eigenvalue weighted by Crippen LogP contribution is -2.51. The molecule has 3 atom stereocenters. The lowest BCUT2D eigenvalue weighted by molar-refractivity contribution is -0.123. The maximum Gasteiger partial charge on any atom is 0.275 e. The average Bonchev–Trinajstić information content (AvgIpc) is 3.34. The molecule has 1 aliphatic heterocycles. The number of primary amides is 1. The number of aromatic nitrogens is 1. The quantitative estimate of drug-likeness (QED) is 0.839. The lowest BCUT2D eigenvalue weighted by atomic mass is 9.97.